The highest BCUT2D eigenvalue weighted by atomic mass is 16.4. The number of carboxylic acids is 1. The average Bonchev–Trinajstić information content (AvgIpc) is 2.45. The Balaban J connectivity index is 2.58. The second-order valence-electron chi connectivity index (χ2n) is 5.03. The van der Waals surface area contributed by atoms with E-state index in [1.54, 1.807) is 6.92 Å². The molecule has 0 saturated carbocycles. The van der Waals surface area contributed by atoms with Gasteiger partial charge in [-0.05, 0) is 27.2 Å². The van der Waals surface area contributed by atoms with Gasteiger partial charge in [-0.25, -0.2) is 9.59 Å². The molecular formula is C10H18N2O4. The molecule has 1 aliphatic rings. The number of aliphatic carboxylic acids is 1. The number of carbonyl (C=O) groups is 2. The molecule has 0 radical (unpaired) electrons. The smallest absolute Gasteiger partial charge is 0.328 e. The summed E-state index contributed by atoms with van der Waals surface area (Å²) in [5.74, 6) is -1.09. The first-order valence-electron chi connectivity index (χ1n) is 5.17. The number of nitrogens with zero attached hydrogens (tertiary/aromatic N) is 1. The van der Waals surface area contributed by atoms with Crippen LogP contribution in [0, 0.1) is 0 Å². The molecule has 1 unspecified atom stereocenters. The summed E-state index contributed by atoms with van der Waals surface area (Å²) in [4.78, 5) is 23.9. The normalized spacial score (nSPS) is 25.6. The fourth-order valence-electron chi connectivity index (χ4n) is 1.52. The first-order chi connectivity index (χ1) is 7.14. The molecule has 3 N–H and O–H groups in total. The number of likely N-dealkylation sites (tertiary alicyclic amines) is 1. The Morgan fingerprint density at radius 2 is 2.00 bits per heavy atom. The number of hydrogen-bond donors (Lipinski definition) is 3. The number of hydrogen-bond acceptors (Lipinski definition) is 3. The van der Waals surface area contributed by atoms with Crippen LogP contribution in [0.4, 0.5) is 4.79 Å². The first kappa shape index (κ1) is 12.8. The van der Waals surface area contributed by atoms with E-state index in [0.29, 0.717) is 13.0 Å². The van der Waals surface area contributed by atoms with Gasteiger partial charge in [-0.1, -0.05) is 0 Å². The Bertz CT molecular complexity index is 312. The van der Waals surface area contributed by atoms with Gasteiger partial charge in [-0.15, -0.1) is 0 Å². The lowest BCUT2D eigenvalue weighted by Crippen LogP contribution is -2.54. The molecule has 1 atom stereocenters. The predicted octanol–water partition coefficient (Wildman–Crippen LogP) is 0.0159. The Morgan fingerprint density at radius 3 is 2.38 bits per heavy atom. The number of carbonyl (C=O) groups excluding carboxylic acids is 1. The van der Waals surface area contributed by atoms with Gasteiger partial charge < -0.3 is 20.4 Å². The third kappa shape index (κ3) is 2.85. The standard InChI is InChI=1S/C10H18N2O4/c1-9(2,7(13)14)11-8(15)12-5-4-10(3,16)6-12/h16H,4-6H2,1-3H3,(H,11,15)(H,13,14). The minimum atomic E-state index is -1.30. The Kier molecular flexibility index (Phi) is 3.14. The number of aliphatic hydroxyl groups is 1. The van der Waals surface area contributed by atoms with E-state index >= 15 is 0 Å². The largest absolute Gasteiger partial charge is 0.480 e. The minimum absolute atomic E-state index is 0.231. The van der Waals surface area contributed by atoms with Crippen molar-refractivity contribution in [3.63, 3.8) is 0 Å². The van der Waals surface area contributed by atoms with Crippen LogP contribution in [0.1, 0.15) is 27.2 Å². The second-order valence-corrected chi connectivity index (χ2v) is 5.03. The van der Waals surface area contributed by atoms with Crippen molar-refractivity contribution in [3.8, 4) is 0 Å². The van der Waals surface area contributed by atoms with Crippen LogP contribution in [0.3, 0.4) is 0 Å². The molecule has 0 bridgehead atoms. The fourth-order valence-corrected chi connectivity index (χ4v) is 1.52. The van der Waals surface area contributed by atoms with E-state index in [1.165, 1.54) is 18.7 Å². The molecule has 16 heavy (non-hydrogen) atoms. The summed E-state index contributed by atoms with van der Waals surface area (Å²) < 4.78 is 0. The average molecular weight is 230 g/mol. The monoisotopic (exact) mass is 230 g/mol. The summed E-state index contributed by atoms with van der Waals surface area (Å²) in [6, 6.07) is -0.454. The molecule has 1 fully saturated rings. The van der Waals surface area contributed by atoms with E-state index in [0.717, 1.165) is 0 Å². The van der Waals surface area contributed by atoms with Crippen LogP contribution >= 0.6 is 0 Å². The molecule has 6 nitrogen and oxygen atoms in total. The summed E-state index contributed by atoms with van der Waals surface area (Å²) in [6.45, 7) is 5.16. The van der Waals surface area contributed by atoms with Gasteiger partial charge in [0.05, 0.1) is 12.1 Å². The molecule has 0 aromatic carbocycles. The van der Waals surface area contributed by atoms with Crippen LogP contribution in [-0.4, -0.2) is 51.3 Å². The molecule has 92 valence electrons. The minimum Gasteiger partial charge on any atom is -0.480 e. The third-order valence-corrected chi connectivity index (χ3v) is 2.69. The molecule has 0 aromatic rings. The molecule has 6 heteroatoms. The van der Waals surface area contributed by atoms with Gasteiger partial charge in [0.2, 0.25) is 0 Å². The molecule has 0 aromatic heterocycles. The van der Waals surface area contributed by atoms with E-state index in [4.69, 9.17) is 5.11 Å². The van der Waals surface area contributed by atoms with E-state index in [9.17, 15) is 14.7 Å². The summed E-state index contributed by atoms with van der Waals surface area (Å²) in [5.41, 5.74) is -2.17. The number of rotatable bonds is 2. The van der Waals surface area contributed by atoms with Crippen LogP contribution in [0.15, 0.2) is 0 Å². The van der Waals surface area contributed by atoms with E-state index in [-0.39, 0.29) is 6.54 Å². The quantitative estimate of drug-likeness (QED) is 0.623. The Hall–Kier alpha value is -1.30. The van der Waals surface area contributed by atoms with Gasteiger partial charge in [0, 0.05) is 6.54 Å². The van der Waals surface area contributed by atoms with Crippen molar-refractivity contribution in [2.75, 3.05) is 13.1 Å². The lowest BCUT2D eigenvalue weighted by atomic mass is 10.1. The van der Waals surface area contributed by atoms with E-state index < -0.39 is 23.1 Å². The van der Waals surface area contributed by atoms with Crippen molar-refractivity contribution in [1.82, 2.24) is 10.2 Å². The van der Waals surface area contributed by atoms with Crippen molar-refractivity contribution < 1.29 is 19.8 Å². The molecule has 0 spiro atoms. The van der Waals surface area contributed by atoms with Crippen LogP contribution in [-0.2, 0) is 4.79 Å². The molecular weight excluding hydrogens is 212 g/mol. The molecule has 2 amide bonds. The second kappa shape index (κ2) is 3.93. The number of amides is 2. The van der Waals surface area contributed by atoms with Gasteiger partial charge in [0.25, 0.3) is 0 Å². The SMILES string of the molecule is CC1(O)CCN(C(=O)NC(C)(C)C(=O)O)C1. The number of urea groups is 1. The zero-order valence-electron chi connectivity index (χ0n) is 9.78. The van der Waals surface area contributed by atoms with Crippen LogP contribution in [0.5, 0.6) is 0 Å². The van der Waals surface area contributed by atoms with Crippen LogP contribution in [0.25, 0.3) is 0 Å². The summed E-state index contributed by atoms with van der Waals surface area (Å²) in [7, 11) is 0. The van der Waals surface area contributed by atoms with Crippen LogP contribution in [0.2, 0.25) is 0 Å². The van der Waals surface area contributed by atoms with Crippen molar-refractivity contribution >= 4 is 12.0 Å². The predicted molar refractivity (Wildman–Crippen MR) is 57.1 cm³/mol. The lowest BCUT2D eigenvalue weighted by Gasteiger charge is -2.26. The first-order valence-corrected chi connectivity index (χ1v) is 5.17. The maximum absolute atomic E-state index is 11.7. The zero-order valence-corrected chi connectivity index (χ0v) is 9.78. The Labute approximate surface area is 94.2 Å². The van der Waals surface area contributed by atoms with E-state index in [1.807, 2.05) is 0 Å². The molecule has 1 heterocycles. The fraction of sp³-hybridized carbons (Fsp3) is 0.800. The number of nitrogens with one attached hydrogen (secondary N) is 1. The van der Waals surface area contributed by atoms with Gasteiger partial charge in [-0.3, -0.25) is 0 Å². The lowest BCUT2D eigenvalue weighted by molar-refractivity contribution is -0.143. The van der Waals surface area contributed by atoms with Crippen molar-refractivity contribution in [2.24, 2.45) is 0 Å². The highest BCUT2D eigenvalue weighted by Crippen LogP contribution is 2.20. The number of carboxylic acid groups (broad SMARTS) is 1. The van der Waals surface area contributed by atoms with Gasteiger partial charge >= 0.3 is 12.0 Å². The topological polar surface area (TPSA) is 89.9 Å². The Morgan fingerprint density at radius 1 is 1.44 bits per heavy atom. The van der Waals surface area contributed by atoms with Crippen LogP contribution < -0.4 is 5.32 Å². The van der Waals surface area contributed by atoms with Gasteiger partial charge in [0.15, 0.2) is 0 Å². The number of β-amino-alcohol motifs (C(OH)–C–C–N with tert-alkyl or cyclic N) is 1. The molecule has 1 saturated heterocycles. The zero-order chi connectivity index (χ0) is 12.6. The van der Waals surface area contributed by atoms with Gasteiger partial charge in [0.1, 0.15) is 5.54 Å². The summed E-state index contributed by atoms with van der Waals surface area (Å²) in [5, 5.41) is 20.9. The van der Waals surface area contributed by atoms with Crippen molar-refractivity contribution in [3.05, 3.63) is 0 Å². The summed E-state index contributed by atoms with van der Waals surface area (Å²) >= 11 is 0. The van der Waals surface area contributed by atoms with Crippen molar-refractivity contribution in [1.29, 1.82) is 0 Å². The highest BCUT2D eigenvalue weighted by molar-refractivity contribution is 5.85. The summed E-state index contributed by atoms with van der Waals surface area (Å²) in [6.07, 6.45) is 0.508. The molecule has 0 aliphatic carbocycles. The van der Waals surface area contributed by atoms with Gasteiger partial charge in [-0.2, -0.15) is 0 Å². The highest BCUT2D eigenvalue weighted by Gasteiger charge is 2.37. The molecule has 1 rings (SSSR count). The third-order valence-electron chi connectivity index (χ3n) is 2.69. The van der Waals surface area contributed by atoms with Crippen molar-refractivity contribution in [2.45, 2.75) is 38.3 Å². The maximum Gasteiger partial charge on any atom is 0.328 e. The van der Waals surface area contributed by atoms with E-state index in [2.05, 4.69) is 5.32 Å². The molecule has 1 aliphatic heterocycles. The maximum atomic E-state index is 11.7.